The van der Waals surface area contributed by atoms with Gasteiger partial charge in [-0.05, 0) is 90.1 Å². The summed E-state index contributed by atoms with van der Waals surface area (Å²) < 4.78 is 14.4. The molecule has 1 unspecified atom stereocenters. The van der Waals surface area contributed by atoms with Crippen molar-refractivity contribution in [2.24, 2.45) is 0 Å². The predicted molar refractivity (Wildman–Crippen MR) is 90.4 cm³/mol. The van der Waals surface area contributed by atoms with E-state index in [1.54, 1.807) is 6.07 Å². The number of rotatable bonds is 3. The molecule has 0 saturated carbocycles. The average molecular weight is 350 g/mol. The molecule has 0 aliphatic heterocycles. The van der Waals surface area contributed by atoms with Gasteiger partial charge >= 0.3 is 0 Å². The topological polar surface area (TPSA) is 12.0 Å². The summed E-state index contributed by atoms with van der Waals surface area (Å²) in [5.41, 5.74) is 7.21. The number of nitrogens with one attached hydrogen (secondary N) is 1. The van der Waals surface area contributed by atoms with Crippen LogP contribution in [-0.4, -0.2) is 7.05 Å². The van der Waals surface area contributed by atoms with E-state index >= 15 is 0 Å². The Hall–Kier alpha value is -1.19. The van der Waals surface area contributed by atoms with E-state index in [0.717, 1.165) is 5.56 Å². The zero-order chi connectivity index (χ0) is 15.7. The molecule has 2 rings (SSSR count). The summed E-state index contributed by atoms with van der Waals surface area (Å²) in [7, 11) is 1.92. The third-order valence-electron chi connectivity index (χ3n) is 4.29. The molecule has 1 N–H and O–H groups in total. The third-order valence-corrected chi connectivity index (χ3v) is 5.13. The summed E-state index contributed by atoms with van der Waals surface area (Å²) >= 11 is 3.39. The summed E-state index contributed by atoms with van der Waals surface area (Å²) in [6.45, 7) is 8.51. The number of hydrogen-bond acceptors (Lipinski definition) is 1. The fourth-order valence-corrected chi connectivity index (χ4v) is 3.37. The summed E-state index contributed by atoms with van der Waals surface area (Å²) in [5, 5.41) is 3.34. The van der Waals surface area contributed by atoms with Crippen LogP contribution in [0.1, 0.15) is 39.4 Å². The number of hydrogen-bond donors (Lipinski definition) is 1. The maximum atomic E-state index is 13.9. The van der Waals surface area contributed by atoms with E-state index in [-0.39, 0.29) is 11.9 Å². The van der Waals surface area contributed by atoms with Gasteiger partial charge in [-0.25, -0.2) is 4.39 Å². The van der Waals surface area contributed by atoms with Crippen molar-refractivity contribution in [1.82, 2.24) is 5.32 Å². The second-order valence-electron chi connectivity index (χ2n) is 5.54. The van der Waals surface area contributed by atoms with Crippen molar-refractivity contribution in [2.45, 2.75) is 33.7 Å². The summed E-state index contributed by atoms with van der Waals surface area (Å²) in [4.78, 5) is 0. The predicted octanol–water partition coefficient (Wildman–Crippen LogP) is 5.13. The third kappa shape index (κ3) is 2.90. The number of aryl methyl sites for hydroxylation is 2. The molecule has 0 radical (unpaired) electrons. The molecule has 0 bridgehead atoms. The van der Waals surface area contributed by atoms with Gasteiger partial charge in [-0.15, -0.1) is 0 Å². The van der Waals surface area contributed by atoms with Crippen LogP contribution in [0, 0.1) is 33.5 Å². The first kappa shape index (κ1) is 16.2. The first-order valence-electron chi connectivity index (χ1n) is 7.07. The molecule has 0 fully saturated rings. The fraction of sp³-hybridized carbons (Fsp3) is 0.333. The molecule has 0 saturated heterocycles. The van der Waals surface area contributed by atoms with Crippen molar-refractivity contribution in [3.05, 3.63) is 67.9 Å². The normalized spacial score (nSPS) is 12.5. The summed E-state index contributed by atoms with van der Waals surface area (Å²) in [6.07, 6.45) is 0. The van der Waals surface area contributed by atoms with Gasteiger partial charge in [-0.2, -0.15) is 0 Å². The highest BCUT2D eigenvalue weighted by molar-refractivity contribution is 9.10. The van der Waals surface area contributed by atoms with Gasteiger partial charge in [-0.1, -0.05) is 18.2 Å². The Morgan fingerprint density at radius 3 is 2.14 bits per heavy atom. The van der Waals surface area contributed by atoms with Crippen molar-refractivity contribution in [3.8, 4) is 0 Å². The zero-order valence-corrected chi connectivity index (χ0v) is 14.7. The van der Waals surface area contributed by atoms with Crippen LogP contribution in [0.15, 0.2) is 28.7 Å². The van der Waals surface area contributed by atoms with E-state index in [1.807, 2.05) is 13.1 Å². The van der Waals surface area contributed by atoms with Gasteiger partial charge in [0.1, 0.15) is 5.82 Å². The Morgan fingerprint density at radius 1 is 1.05 bits per heavy atom. The van der Waals surface area contributed by atoms with Gasteiger partial charge in [-0.3, -0.25) is 0 Å². The van der Waals surface area contributed by atoms with E-state index in [4.69, 9.17) is 0 Å². The maximum Gasteiger partial charge on any atom is 0.137 e. The van der Waals surface area contributed by atoms with Gasteiger partial charge < -0.3 is 5.32 Å². The molecule has 1 atom stereocenters. The second-order valence-corrected chi connectivity index (χ2v) is 6.33. The summed E-state index contributed by atoms with van der Waals surface area (Å²) in [5.74, 6) is -0.229. The van der Waals surface area contributed by atoms with Crippen LogP contribution in [0.2, 0.25) is 0 Å². The Kier molecular flexibility index (Phi) is 4.84. The molecule has 2 aromatic carbocycles. The molecular weight excluding hydrogens is 329 g/mol. The van der Waals surface area contributed by atoms with E-state index in [9.17, 15) is 4.39 Å². The van der Waals surface area contributed by atoms with Crippen LogP contribution in [0.25, 0.3) is 0 Å². The van der Waals surface area contributed by atoms with Crippen LogP contribution < -0.4 is 5.32 Å². The quantitative estimate of drug-likeness (QED) is 0.809. The molecule has 2 aromatic rings. The Bertz CT molecular complexity index is 653. The van der Waals surface area contributed by atoms with Gasteiger partial charge in [0.25, 0.3) is 0 Å². The van der Waals surface area contributed by atoms with Crippen LogP contribution in [-0.2, 0) is 0 Å². The van der Waals surface area contributed by atoms with Gasteiger partial charge in [0.15, 0.2) is 0 Å². The largest absolute Gasteiger partial charge is 0.309 e. The number of benzene rings is 2. The SMILES string of the molecule is CNC(c1cccc(F)c1Br)c1c(C)c(C)cc(C)c1C. The minimum Gasteiger partial charge on any atom is -0.309 e. The van der Waals surface area contributed by atoms with E-state index in [1.165, 1.54) is 33.9 Å². The highest BCUT2D eigenvalue weighted by Crippen LogP contribution is 2.35. The molecule has 0 aromatic heterocycles. The van der Waals surface area contributed by atoms with Crippen molar-refractivity contribution < 1.29 is 4.39 Å². The van der Waals surface area contributed by atoms with E-state index in [2.05, 4.69) is 55.0 Å². The second kappa shape index (κ2) is 6.29. The Labute approximate surface area is 134 Å². The molecule has 3 heteroatoms. The van der Waals surface area contributed by atoms with Crippen molar-refractivity contribution in [2.75, 3.05) is 7.05 Å². The van der Waals surface area contributed by atoms with Crippen molar-refractivity contribution >= 4 is 15.9 Å². The molecule has 0 heterocycles. The smallest absolute Gasteiger partial charge is 0.137 e. The lowest BCUT2D eigenvalue weighted by Crippen LogP contribution is -2.21. The van der Waals surface area contributed by atoms with E-state index < -0.39 is 0 Å². The van der Waals surface area contributed by atoms with Crippen LogP contribution in [0.4, 0.5) is 4.39 Å². The lowest BCUT2D eigenvalue weighted by atomic mass is 9.87. The minimum atomic E-state index is -0.229. The maximum absolute atomic E-state index is 13.9. The standard InChI is InChI=1S/C18H21BrFN/c1-10-9-11(2)13(4)16(12(10)3)18(21-5)14-7-6-8-15(20)17(14)19/h6-9,18,21H,1-5H3. The number of halogens is 2. The first-order chi connectivity index (χ1) is 9.88. The molecule has 0 aliphatic rings. The van der Waals surface area contributed by atoms with Gasteiger partial charge in [0, 0.05) is 0 Å². The summed E-state index contributed by atoms with van der Waals surface area (Å²) in [6, 6.07) is 7.37. The monoisotopic (exact) mass is 349 g/mol. The molecule has 0 aliphatic carbocycles. The lowest BCUT2D eigenvalue weighted by Gasteiger charge is -2.25. The molecule has 112 valence electrons. The Morgan fingerprint density at radius 2 is 1.62 bits per heavy atom. The molecule has 21 heavy (non-hydrogen) atoms. The Balaban J connectivity index is 2.71. The lowest BCUT2D eigenvalue weighted by molar-refractivity contribution is 0.607. The molecule has 1 nitrogen and oxygen atoms in total. The van der Waals surface area contributed by atoms with Crippen LogP contribution >= 0.6 is 15.9 Å². The van der Waals surface area contributed by atoms with Crippen LogP contribution in [0.3, 0.4) is 0 Å². The minimum absolute atomic E-state index is 0.0336. The van der Waals surface area contributed by atoms with E-state index in [0.29, 0.717) is 4.47 Å². The zero-order valence-electron chi connectivity index (χ0n) is 13.1. The van der Waals surface area contributed by atoms with Gasteiger partial charge in [0.05, 0.1) is 10.5 Å². The highest BCUT2D eigenvalue weighted by atomic mass is 79.9. The average Bonchev–Trinajstić information content (AvgIpc) is 2.45. The first-order valence-corrected chi connectivity index (χ1v) is 7.86. The van der Waals surface area contributed by atoms with Crippen molar-refractivity contribution in [3.63, 3.8) is 0 Å². The fourth-order valence-electron chi connectivity index (χ4n) is 2.88. The highest BCUT2D eigenvalue weighted by Gasteiger charge is 2.22. The van der Waals surface area contributed by atoms with Crippen molar-refractivity contribution in [1.29, 1.82) is 0 Å². The molecule has 0 spiro atoms. The molecule has 0 amide bonds. The van der Waals surface area contributed by atoms with Crippen LogP contribution in [0.5, 0.6) is 0 Å². The molecular formula is C18H21BrFN. The van der Waals surface area contributed by atoms with Gasteiger partial charge in [0.2, 0.25) is 0 Å².